The van der Waals surface area contributed by atoms with Gasteiger partial charge in [0.15, 0.2) is 0 Å². The fourth-order valence-corrected chi connectivity index (χ4v) is 3.21. The fourth-order valence-electron chi connectivity index (χ4n) is 3.21. The number of primary amides is 1. The molecule has 0 bridgehead atoms. The highest BCUT2D eigenvalue weighted by Crippen LogP contribution is 2.36. The summed E-state index contributed by atoms with van der Waals surface area (Å²) >= 11 is 0. The zero-order valence-corrected chi connectivity index (χ0v) is 18.4. The van der Waals surface area contributed by atoms with Crippen molar-refractivity contribution in [3.8, 4) is 11.1 Å². The van der Waals surface area contributed by atoms with Crippen molar-refractivity contribution in [1.82, 2.24) is 5.32 Å². The lowest BCUT2D eigenvalue weighted by Crippen LogP contribution is -2.53. The molecular formula is C23H26F3N3O5. The second-order valence-corrected chi connectivity index (χ2v) is 7.68. The van der Waals surface area contributed by atoms with Gasteiger partial charge in [0.1, 0.15) is 0 Å². The van der Waals surface area contributed by atoms with Crippen LogP contribution in [0.25, 0.3) is 11.1 Å². The zero-order chi connectivity index (χ0) is 25.5. The average molecular weight is 481 g/mol. The fraction of sp³-hybridized carbons (Fsp3) is 0.348. The lowest BCUT2D eigenvalue weighted by Gasteiger charge is -2.21. The van der Waals surface area contributed by atoms with E-state index in [-0.39, 0.29) is 12.5 Å². The number of nitrogens with two attached hydrogens (primary N) is 1. The molecule has 2 aromatic rings. The number of anilines is 1. The van der Waals surface area contributed by atoms with Crippen molar-refractivity contribution in [3.05, 3.63) is 54.1 Å². The van der Waals surface area contributed by atoms with E-state index in [0.717, 1.165) is 29.3 Å². The van der Waals surface area contributed by atoms with Crippen LogP contribution < -0.4 is 16.0 Å². The van der Waals surface area contributed by atoms with Crippen LogP contribution in [0.3, 0.4) is 0 Å². The van der Waals surface area contributed by atoms with Gasteiger partial charge >= 0.3 is 6.18 Å². The van der Waals surface area contributed by atoms with Crippen LogP contribution in [0.4, 0.5) is 18.9 Å². The number of nitrogens with one attached hydrogen (secondary N) is 1. The van der Waals surface area contributed by atoms with Crippen molar-refractivity contribution in [2.45, 2.75) is 31.5 Å². The molecule has 0 spiro atoms. The number of nitrogens with zero attached hydrogens (tertiary/aromatic N) is 1. The van der Waals surface area contributed by atoms with Gasteiger partial charge in [-0.05, 0) is 24.1 Å². The Kier molecular flexibility index (Phi) is 8.77. The van der Waals surface area contributed by atoms with Gasteiger partial charge in [0, 0.05) is 18.7 Å². The zero-order valence-electron chi connectivity index (χ0n) is 18.4. The number of hydrogen-bond donors (Lipinski definition) is 4. The number of aliphatic hydroxyl groups is 2. The van der Waals surface area contributed by atoms with Gasteiger partial charge in [0.25, 0.3) is 11.8 Å². The Morgan fingerprint density at radius 1 is 1.09 bits per heavy atom. The van der Waals surface area contributed by atoms with Gasteiger partial charge in [0.2, 0.25) is 11.5 Å². The Bertz CT molecular complexity index is 1040. The van der Waals surface area contributed by atoms with Gasteiger partial charge in [-0.25, -0.2) is 0 Å². The molecule has 0 fully saturated rings. The highest BCUT2D eigenvalue weighted by atomic mass is 19.4. The van der Waals surface area contributed by atoms with E-state index in [0.29, 0.717) is 13.0 Å². The molecular weight excluding hydrogens is 455 g/mol. The summed E-state index contributed by atoms with van der Waals surface area (Å²) in [4.78, 5) is 35.5. The van der Waals surface area contributed by atoms with Crippen LogP contribution in [-0.2, 0) is 20.8 Å². The summed E-state index contributed by atoms with van der Waals surface area (Å²) in [5.74, 6) is -2.54. The second kappa shape index (κ2) is 11.1. The molecule has 1 atom stereocenters. The quantitative estimate of drug-likeness (QED) is 0.465. The molecule has 0 saturated heterocycles. The minimum Gasteiger partial charge on any atom is -0.395 e. The number of aliphatic hydroxyl groups excluding tert-OH is 1. The van der Waals surface area contributed by atoms with E-state index in [1.54, 1.807) is 10.2 Å². The first kappa shape index (κ1) is 26.8. The van der Waals surface area contributed by atoms with E-state index in [9.17, 15) is 32.7 Å². The Hall–Kier alpha value is -3.44. The predicted molar refractivity (Wildman–Crippen MR) is 119 cm³/mol. The Morgan fingerprint density at radius 3 is 2.26 bits per heavy atom. The molecule has 2 aromatic carbocycles. The molecule has 1 heterocycles. The predicted octanol–water partition coefficient (Wildman–Crippen LogP) is 1.53. The van der Waals surface area contributed by atoms with Crippen molar-refractivity contribution in [1.29, 1.82) is 0 Å². The molecule has 11 heteroatoms. The number of hydrogen-bond acceptors (Lipinski definition) is 5. The number of alkyl halides is 3. The van der Waals surface area contributed by atoms with E-state index in [1.807, 2.05) is 48.5 Å². The maximum atomic E-state index is 12.3. The van der Waals surface area contributed by atoms with Crippen LogP contribution in [0.1, 0.15) is 18.9 Å². The van der Waals surface area contributed by atoms with Crippen LogP contribution in [0, 0.1) is 0 Å². The summed E-state index contributed by atoms with van der Waals surface area (Å²) in [6.45, 7) is 0.393. The van der Waals surface area contributed by atoms with Gasteiger partial charge < -0.3 is 26.2 Å². The van der Waals surface area contributed by atoms with Crippen LogP contribution in [0.5, 0.6) is 0 Å². The Labute approximate surface area is 194 Å². The van der Waals surface area contributed by atoms with Crippen LogP contribution in [-0.4, -0.2) is 59.4 Å². The number of para-hydroxylation sites is 1. The number of β-amino-alcohol motifs (C(OH)–C–C–N with tert-alkyl or cyclic N) is 1. The molecule has 1 aliphatic heterocycles. The molecule has 1 unspecified atom stereocenters. The molecule has 34 heavy (non-hydrogen) atoms. The number of rotatable bonds is 6. The van der Waals surface area contributed by atoms with E-state index in [4.69, 9.17) is 5.11 Å². The smallest absolute Gasteiger partial charge is 0.390 e. The number of amides is 3. The molecule has 3 rings (SSSR count). The van der Waals surface area contributed by atoms with Crippen molar-refractivity contribution in [2.75, 3.05) is 24.6 Å². The van der Waals surface area contributed by atoms with Gasteiger partial charge in [-0.1, -0.05) is 42.5 Å². The standard InChI is InChI=1S/C16H15NO2.C7H11F3N2O3/c18-10-9-17-15-8-4-3-7-14(15)13-6-2-1-5-12(13)11-16(17)19;1-6(15,4(11)13)5(14)12-3-2-7(8,9)10/h1-8,18H,9-11H2;15H,2-3H2,1H3,(H2,11,13)(H,12,14). The molecule has 5 N–H and O–H groups in total. The van der Waals surface area contributed by atoms with E-state index >= 15 is 0 Å². The van der Waals surface area contributed by atoms with Gasteiger partial charge in [-0.3, -0.25) is 14.4 Å². The van der Waals surface area contributed by atoms with Crippen molar-refractivity contribution in [2.24, 2.45) is 5.73 Å². The summed E-state index contributed by atoms with van der Waals surface area (Å²) < 4.78 is 35.0. The number of halogens is 3. The number of carbonyl (C=O) groups is 3. The molecule has 3 amide bonds. The summed E-state index contributed by atoms with van der Waals surface area (Å²) in [5.41, 5.74) is 6.24. The third kappa shape index (κ3) is 6.78. The average Bonchev–Trinajstić information content (AvgIpc) is 2.88. The van der Waals surface area contributed by atoms with Crippen LogP contribution >= 0.6 is 0 Å². The maximum absolute atomic E-state index is 12.3. The topological polar surface area (TPSA) is 133 Å². The molecule has 0 aromatic heterocycles. The number of benzene rings is 2. The highest BCUT2D eigenvalue weighted by molar-refractivity contribution is 6.07. The summed E-state index contributed by atoms with van der Waals surface area (Å²) in [6.07, 6.45) is -5.27. The van der Waals surface area contributed by atoms with E-state index < -0.39 is 36.6 Å². The number of carbonyl (C=O) groups excluding carboxylic acids is 3. The third-order valence-corrected chi connectivity index (χ3v) is 5.08. The number of fused-ring (bicyclic) bond motifs is 3. The van der Waals surface area contributed by atoms with E-state index in [2.05, 4.69) is 5.73 Å². The van der Waals surface area contributed by atoms with E-state index in [1.165, 1.54) is 0 Å². The summed E-state index contributed by atoms with van der Waals surface area (Å²) in [5, 5.41) is 20.0. The Morgan fingerprint density at radius 2 is 1.68 bits per heavy atom. The van der Waals surface area contributed by atoms with Crippen molar-refractivity contribution < 1.29 is 37.8 Å². The normalized spacial score (nSPS) is 14.5. The minimum absolute atomic E-state index is 0.0313. The minimum atomic E-state index is -4.41. The van der Waals surface area contributed by atoms with Crippen LogP contribution in [0.15, 0.2) is 48.5 Å². The van der Waals surface area contributed by atoms with Gasteiger partial charge in [-0.15, -0.1) is 0 Å². The monoisotopic (exact) mass is 481 g/mol. The molecule has 0 radical (unpaired) electrons. The maximum Gasteiger partial charge on any atom is 0.390 e. The first-order chi connectivity index (χ1) is 15.9. The summed E-state index contributed by atoms with van der Waals surface area (Å²) in [6, 6.07) is 15.8. The SMILES string of the molecule is CC(O)(C(N)=O)C(=O)NCCC(F)(F)F.O=C1Cc2ccccc2-c2ccccc2N1CCO. The first-order valence-electron chi connectivity index (χ1n) is 10.3. The lowest BCUT2D eigenvalue weighted by atomic mass is 9.98. The highest BCUT2D eigenvalue weighted by Gasteiger charge is 2.37. The Balaban J connectivity index is 0.000000249. The van der Waals surface area contributed by atoms with Gasteiger partial charge in [-0.2, -0.15) is 13.2 Å². The molecule has 0 saturated carbocycles. The molecule has 1 aliphatic rings. The van der Waals surface area contributed by atoms with Crippen LogP contribution in [0.2, 0.25) is 0 Å². The molecule has 8 nitrogen and oxygen atoms in total. The van der Waals surface area contributed by atoms with Crippen molar-refractivity contribution in [3.63, 3.8) is 0 Å². The van der Waals surface area contributed by atoms with Gasteiger partial charge in [0.05, 0.1) is 25.1 Å². The van der Waals surface area contributed by atoms with Crippen molar-refractivity contribution >= 4 is 23.4 Å². The largest absolute Gasteiger partial charge is 0.395 e. The third-order valence-electron chi connectivity index (χ3n) is 5.08. The molecule has 184 valence electrons. The lowest BCUT2D eigenvalue weighted by molar-refractivity contribution is -0.151. The summed E-state index contributed by atoms with van der Waals surface area (Å²) in [7, 11) is 0. The first-order valence-corrected chi connectivity index (χ1v) is 10.3. The molecule has 0 aliphatic carbocycles. The second-order valence-electron chi connectivity index (χ2n) is 7.68.